The minimum absolute atomic E-state index is 0.0675. The van der Waals surface area contributed by atoms with Gasteiger partial charge in [-0.2, -0.15) is 0 Å². The first-order valence-corrected chi connectivity index (χ1v) is 12.1. The number of carbonyl (C=O) groups excluding carboxylic acids is 1. The van der Waals surface area contributed by atoms with E-state index >= 15 is 0 Å². The Kier molecular flexibility index (Phi) is 5.59. The van der Waals surface area contributed by atoms with Gasteiger partial charge in [0.15, 0.2) is 0 Å². The van der Waals surface area contributed by atoms with Gasteiger partial charge in [-0.1, -0.05) is 0 Å². The Hall–Kier alpha value is -4.27. The average molecular weight is 479 g/mol. The van der Waals surface area contributed by atoms with E-state index in [4.69, 9.17) is 0 Å². The fourth-order valence-corrected chi connectivity index (χ4v) is 4.94. The van der Waals surface area contributed by atoms with Gasteiger partial charge in [-0.3, -0.25) is 29.9 Å². The monoisotopic (exact) mass is 478 g/mol. The highest BCUT2D eigenvalue weighted by atomic mass is 16.2. The molecular formula is C27H26N8O. The Bertz CT molecular complexity index is 1320. The Labute approximate surface area is 209 Å². The predicted octanol–water partition coefficient (Wildman–Crippen LogP) is 3.63. The van der Waals surface area contributed by atoms with Crippen molar-refractivity contribution in [3.8, 4) is 22.5 Å². The van der Waals surface area contributed by atoms with Gasteiger partial charge in [-0.05, 0) is 38.1 Å². The molecule has 0 saturated carbocycles. The summed E-state index contributed by atoms with van der Waals surface area (Å²) in [5, 5.41) is 0. The van der Waals surface area contributed by atoms with Crippen LogP contribution in [0.4, 0.5) is 4.79 Å². The first-order valence-electron chi connectivity index (χ1n) is 12.1. The molecule has 9 nitrogen and oxygen atoms in total. The van der Waals surface area contributed by atoms with Gasteiger partial charge in [0, 0.05) is 97.7 Å². The Morgan fingerprint density at radius 2 is 1.06 bits per heavy atom. The molecule has 9 heteroatoms. The van der Waals surface area contributed by atoms with Crippen molar-refractivity contribution in [1.29, 1.82) is 0 Å². The number of likely N-dealkylation sites (tertiary alicyclic amines) is 2. The van der Waals surface area contributed by atoms with Gasteiger partial charge in [-0.15, -0.1) is 0 Å². The van der Waals surface area contributed by atoms with Crippen LogP contribution in [-0.4, -0.2) is 71.9 Å². The average Bonchev–Trinajstić information content (AvgIpc) is 2.83. The minimum atomic E-state index is 0.0675. The van der Waals surface area contributed by atoms with Crippen molar-refractivity contribution >= 4 is 6.03 Å². The summed E-state index contributed by atoms with van der Waals surface area (Å²) in [5.74, 6) is 0.342. The van der Waals surface area contributed by atoms with Gasteiger partial charge >= 0.3 is 6.03 Å². The lowest BCUT2D eigenvalue weighted by atomic mass is 9.90. The lowest BCUT2D eigenvalue weighted by Gasteiger charge is -2.46. The molecule has 0 bridgehead atoms. The zero-order valence-corrected chi connectivity index (χ0v) is 20.2. The minimum Gasteiger partial charge on any atom is -0.323 e. The van der Waals surface area contributed by atoms with E-state index in [1.54, 1.807) is 37.2 Å². The molecule has 0 aliphatic carbocycles. The van der Waals surface area contributed by atoms with Crippen molar-refractivity contribution in [2.45, 2.75) is 25.7 Å². The lowest BCUT2D eigenvalue weighted by Crippen LogP contribution is -2.59. The molecule has 2 saturated heterocycles. The molecular weight excluding hydrogens is 452 g/mol. The maximum atomic E-state index is 13.1. The molecule has 0 atom stereocenters. The summed E-state index contributed by atoms with van der Waals surface area (Å²) in [7, 11) is 0. The summed E-state index contributed by atoms with van der Waals surface area (Å²) >= 11 is 0. The normalized spacial score (nSPS) is 15.9. The third-order valence-corrected chi connectivity index (χ3v) is 6.87. The molecule has 2 amide bonds. The van der Waals surface area contributed by atoms with Gasteiger partial charge in [0.25, 0.3) is 0 Å². The standard InChI is InChI=1S/C27H26N8O/c1-17-11-19(3-5-28-17)23-25(32-9-7-30-23)21-13-34(14-21)27(36)35-15-22(16-35)26-24(31-8-10-33-26)20-4-6-29-18(2)12-20/h3-12,21-22H,13-16H2,1-2H3. The molecule has 36 heavy (non-hydrogen) atoms. The number of carbonyl (C=O) groups is 1. The van der Waals surface area contributed by atoms with E-state index in [1.807, 2.05) is 47.9 Å². The molecule has 0 unspecified atom stereocenters. The number of nitrogens with zero attached hydrogens (tertiary/aromatic N) is 8. The van der Waals surface area contributed by atoms with Crippen LogP contribution >= 0.6 is 0 Å². The van der Waals surface area contributed by atoms with Gasteiger partial charge in [0.2, 0.25) is 0 Å². The number of aromatic nitrogens is 6. The van der Waals surface area contributed by atoms with Crippen LogP contribution in [0.15, 0.2) is 61.4 Å². The van der Waals surface area contributed by atoms with Gasteiger partial charge < -0.3 is 9.80 Å². The van der Waals surface area contributed by atoms with E-state index in [9.17, 15) is 4.79 Å². The summed E-state index contributed by atoms with van der Waals surface area (Å²) in [5.41, 5.74) is 7.49. The molecule has 2 aliphatic rings. The summed E-state index contributed by atoms with van der Waals surface area (Å²) in [6, 6.07) is 8.01. The second-order valence-electron chi connectivity index (χ2n) is 9.44. The van der Waals surface area contributed by atoms with E-state index in [2.05, 4.69) is 29.9 Å². The Balaban J connectivity index is 1.11. The second-order valence-corrected chi connectivity index (χ2v) is 9.44. The maximum absolute atomic E-state index is 13.1. The van der Waals surface area contributed by atoms with Crippen molar-refractivity contribution in [2.75, 3.05) is 26.2 Å². The molecule has 180 valence electrons. The topological polar surface area (TPSA) is 101 Å². The fraction of sp³-hybridized carbons (Fsp3) is 0.296. The van der Waals surface area contributed by atoms with E-state index < -0.39 is 0 Å². The van der Waals surface area contributed by atoms with Crippen LogP contribution in [0.25, 0.3) is 22.5 Å². The van der Waals surface area contributed by atoms with Crippen molar-refractivity contribution in [3.05, 3.63) is 84.2 Å². The number of amides is 2. The number of pyridine rings is 2. The second kappa shape index (κ2) is 9.07. The van der Waals surface area contributed by atoms with Crippen molar-refractivity contribution in [3.63, 3.8) is 0 Å². The molecule has 6 heterocycles. The molecule has 6 rings (SSSR count). The van der Waals surface area contributed by atoms with Crippen LogP contribution < -0.4 is 0 Å². The third kappa shape index (κ3) is 4.06. The molecule has 2 fully saturated rings. The van der Waals surface area contributed by atoms with E-state index in [0.29, 0.717) is 26.2 Å². The largest absolute Gasteiger partial charge is 0.323 e. The van der Waals surface area contributed by atoms with Crippen LogP contribution in [0.1, 0.15) is 34.6 Å². The third-order valence-electron chi connectivity index (χ3n) is 6.87. The van der Waals surface area contributed by atoms with Crippen LogP contribution in [0.2, 0.25) is 0 Å². The maximum Gasteiger partial charge on any atom is 0.320 e. The smallest absolute Gasteiger partial charge is 0.320 e. The molecule has 2 aliphatic heterocycles. The number of hydrogen-bond donors (Lipinski definition) is 0. The molecule has 0 spiro atoms. The number of rotatable bonds is 4. The Morgan fingerprint density at radius 1 is 0.639 bits per heavy atom. The van der Waals surface area contributed by atoms with Crippen LogP contribution in [0, 0.1) is 13.8 Å². The zero-order valence-electron chi connectivity index (χ0n) is 20.2. The number of aryl methyl sites for hydroxylation is 2. The van der Waals surface area contributed by atoms with Crippen LogP contribution in [0.3, 0.4) is 0 Å². The van der Waals surface area contributed by atoms with Crippen molar-refractivity contribution in [2.24, 2.45) is 0 Å². The lowest BCUT2D eigenvalue weighted by molar-refractivity contribution is 0.0836. The molecule has 0 radical (unpaired) electrons. The van der Waals surface area contributed by atoms with Gasteiger partial charge in [0.05, 0.1) is 22.8 Å². The fourth-order valence-electron chi connectivity index (χ4n) is 4.94. The van der Waals surface area contributed by atoms with Gasteiger partial charge in [0.1, 0.15) is 0 Å². The summed E-state index contributed by atoms with van der Waals surface area (Å²) in [6.45, 7) is 6.49. The van der Waals surface area contributed by atoms with E-state index in [1.165, 1.54) is 0 Å². The number of hydrogen-bond acceptors (Lipinski definition) is 7. The predicted molar refractivity (Wildman–Crippen MR) is 134 cm³/mol. The molecule has 4 aromatic heterocycles. The van der Waals surface area contributed by atoms with E-state index in [-0.39, 0.29) is 17.9 Å². The molecule has 0 N–H and O–H groups in total. The zero-order chi connectivity index (χ0) is 24.6. The Morgan fingerprint density at radius 3 is 1.47 bits per heavy atom. The van der Waals surface area contributed by atoms with E-state index in [0.717, 1.165) is 45.3 Å². The summed E-state index contributed by atoms with van der Waals surface area (Å²) in [4.78, 5) is 43.9. The van der Waals surface area contributed by atoms with Crippen LogP contribution in [0.5, 0.6) is 0 Å². The van der Waals surface area contributed by atoms with Crippen molar-refractivity contribution < 1.29 is 4.79 Å². The first-order chi connectivity index (χ1) is 17.6. The van der Waals surface area contributed by atoms with Gasteiger partial charge in [-0.25, -0.2) is 4.79 Å². The summed E-state index contributed by atoms with van der Waals surface area (Å²) < 4.78 is 0. The molecule has 4 aromatic rings. The van der Waals surface area contributed by atoms with Crippen LogP contribution in [-0.2, 0) is 0 Å². The highest BCUT2D eigenvalue weighted by Crippen LogP contribution is 2.36. The highest BCUT2D eigenvalue weighted by Gasteiger charge is 2.41. The quantitative estimate of drug-likeness (QED) is 0.441. The highest BCUT2D eigenvalue weighted by molar-refractivity contribution is 5.77. The summed E-state index contributed by atoms with van der Waals surface area (Å²) in [6.07, 6.45) is 10.5. The van der Waals surface area contributed by atoms with Crippen molar-refractivity contribution in [1.82, 2.24) is 39.7 Å². The number of urea groups is 1. The molecule has 0 aromatic carbocycles. The first kappa shape index (κ1) is 22.2. The SMILES string of the molecule is Cc1cc(-c2nccnc2C2CN(C(=O)N3CC(c4nccnc4-c4ccnc(C)c4)C3)C2)ccn1.